The van der Waals surface area contributed by atoms with Crippen LogP contribution in [0.25, 0.3) is 21.2 Å². The van der Waals surface area contributed by atoms with Crippen molar-refractivity contribution < 1.29 is 4.42 Å². The van der Waals surface area contributed by atoms with E-state index in [0.717, 1.165) is 51.6 Å². The van der Waals surface area contributed by atoms with Crippen LogP contribution >= 0.6 is 11.3 Å². The first-order valence-corrected chi connectivity index (χ1v) is 10.4. The summed E-state index contributed by atoms with van der Waals surface area (Å²) in [5, 5.41) is 1.63. The maximum atomic E-state index is 13.2. The molecule has 0 aliphatic heterocycles. The van der Waals surface area contributed by atoms with E-state index >= 15 is 0 Å². The molecule has 1 aromatic carbocycles. The van der Waals surface area contributed by atoms with Crippen LogP contribution in [0.2, 0.25) is 0 Å². The first-order chi connectivity index (χ1) is 13.5. The Morgan fingerprint density at radius 1 is 1.18 bits per heavy atom. The van der Waals surface area contributed by atoms with E-state index in [4.69, 9.17) is 4.42 Å². The molecule has 3 aromatic heterocycles. The van der Waals surface area contributed by atoms with Crippen LogP contribution in [0.3, 0.4) is 0 Å². The molecular weight excluding hydrogens is 372 g/mol. The van der Waals surface area contributed by atoms with Gasteiger partial charge < -0.3 is 4.42 Å². The average Bonchev–Trinajstić information content (AvgIpc) is 3.06. The molecule has 0 atom stereocenters. The molecule has 0 fully saturated rings. The van der Waals surface area contributed by atoms with Crippen molar-refractivity contribution in [2.45, 2.75) is 46.1 Å². The Kier molecular flexibility index (Phi) is 3.98. The van der Waals surface area contributed by atoms with E-state index in [0.29, 0.717) is 12.1 Å². The summed E-state index contributed by atoms with van der Waals surface area (Å²) >= 11 is 1.65. The predicted octanol–water partition coefficient (Wildman–Crippen LogP) is 4.11. The highest BCUT2D eigenvalue weighted by Crippen LogP contribution is 2.33. The molecular formula is C22H20N2O3S. The van der Waals surface area contributed by atoms with Crippen LogP contribution in [0, 0.1) is 13.8 Å². The number of rotatable bonds is 2. The second-order valence-corrected chi connectivity index (χ2v) is 8.63. The Bertz CT molecular complexity index is 1360. The van der Waals surface area contributed by atoms with Gasteiger partial charge in [0.15, 0.2) is 0 Å². The molecule has 0 saturated heterocycles. The van der Waals surface area contributed by atoms with Gasteiger partial charge in [0.05, 0.1) is 18.3 Å². The van der Waals surface area contributed by atoms with Crippen LogP contribution < -0.4 is 11.2 Å². The van der Waals surface area contributed by atoms with Gasteiger partial charge >= 0.3 is 5.63 Å². The predicted molar refractivity (Wildman–Crippen MR) is 112 cm³/mol. The second-order valence-electron chi connectivity index (χ2n) is 7.54. The quantitative estimate of drug-likeness (QED) is 0.482. The number of nitrogens with zero attached hydrogens (tertiary/aromatic N) is 2. The number of hydrogen-bond acceptors (Lipinski definition) is 5. The van der Waals surface area contributed by atoms with Gasteiger partial charge in [0.2, 0.25) is 0 Å². The molecule has 4 aromatic rings. The molecule has 0 spiro atoms. The van der Waals surface area contributed by atoms with Gasteiger partial charge in [-0.3, -0.25) is 9.36 Å². The van der Waals surface area contributed by atoms with Crippen molar-refractivity contribution >= 4 is 32.5 Å². The fraction of sp³-hybridized carbons (Fsp3) is 0.318. The molecule has 1 aliphatic carbocycles. The summed E-state index contributed by atoms with van der Waals surface area (Å²) in [6, 6.07) is 5.46. The largest absolute Gasteiger partial charge is 0.422 e. The third-order valence-electron chi connectivity index (χ3n) is 5.80. The Morgan fingerprint density at radius 2 is 2.00 bits per heavy atom. The standard InChI is InChI=1S/C22H20N2O3S/c1-12-7-8-15-14(9-18(25)27-20(15)13(12)2)10-24-11-23-21-19(22(24)26)16-5-3-4-6-17(16)28-21/h7-9,11H,3-6,10H2,1-2H3. The molecule has 28 heavy (non-hydrogen) atoms. The van der Waals surface area contributed by atoms with Crippen LogP contribution in [0.15, 0.2) is 38.5 Å². The summed E-state index contributed by atoms with van der Waals surface area (Å²) < 4.78 is 7.08. The highest BCUT2D eigenvalue weighted by Gasteiger charge is 2.20. The lowest BCUT2D eigenvalue weighted by atomic mass is 9.97. The molecule has 5 rings (SSSR count). The van der Waals surface area contributed by atoms with Gasteiger partial charge in [0, 0.05) is 16.3 Å². The van der Waals surface area contributed by atoms with E-state index < -0.39 is 5.63 Å². The van der Waals surface area contributed by atoms with Crippen molar-refractivity contribution in [2.75, 3.05) is 0 Å². The zero-order valence-corrected chi connectivity index (χ0v) is 16.7. The van der Waals surface area contributed by atoms with Crippen molar-refractivity contribution in [1.29, 1.82) is 0 Å². The Hall–Kier alpha value is -2.73. The lowest BCUT2D eigenvalue weighted by molar-refractivity contribution is 0.554. The molecule has 0 radical (unpaired) electrons. The summed E-state index contributed by atoms with van der Waals surface area (Å²) in [6.07, 6.45) is 5.90. The summed E-state index contributed by atoms with van der Waals surface area (Å²) in [7, 11) is 0. The summed E-state index contributed by atoms with van der Waals surface area (Å²) in [4.78, 5) is 32.1. The van der Waals surface area contributed by atoms with Crippen molar-refractivity contribution in [3.05, 3.63) is 72.4 Å². The first-order valence-electron chi connectivity index (χ1n) is 9.55. The minimum absolute atomic E-state index is 0.0189. The lowest BCUT2D eigenvalue weighted by Gasteiger charge is -2.12. The van der Waals surface area contributed by atoms with Crippen LogP contribution in [-0.4, -0.2) is 9.55 Å². The van der Waals surface area contributed by atoms with Gasteiger partial charge in [-0.2, -0.15) is 0 Å². The minimum atomic E-state index is -0.397. The van der Waals surface area contributed by atoms with E-state index in [1.165, 1.54) is 22.9 Å². The van der Waals surface area contributed by atoms with Crippen LogP contribution in [0.1, 0.15) is 40.0 Å². The molecule has 0 unspecified atom stereocenters. The number of thiophene rings is 1. The highest BCUT2D eigenvalue weighted by molar-refractivity contribution is 7.18. The average molecular weight is 392 g/mol. The van der Waals surface area contributed by atoms with E-state index in [-0.39, 0.29) is 5.56 Å². The third kappa shape index (κ3) is 2.63. The van der Waals surface area contributed by atoms with Crippen LogP contribution in [-0.2, 0) is 19.4 Å². The van der Waals surface area contributed by atoms with Crippen molar-refractivity contribution in [3.8, 4) is 0 Å². The molecule has 1 aliphatic rings. The molecule has 5 nitrogen and oxygen atoms in total. The fourth-order valence-corrected chi connectivity index (χ4v) is 5.35. The molecule has 142 valence electrons. The number of aromatic nitrogens is 2. The second kappa shape index (κ2) is 6.41. The number of hydrogen-bond donors (Lipinski definition) is 0. The highest BCUT2D eigenvalue weighted by atomic mass is 32.1. The normalized spacial score (nSPS) is 13.9. The van der Waals surface area contributed by atoms with Crippen LogP contribution in [0.5, 0.6) is 0 Å². The lowest BCUT2D eigenvalue weighted by Crippen LogP contribution is -2.22. The SMILES string of the molecule is Cc1ccc2c(Cn3cnc4sc5c(c4c3=O)CCCC5)cc(=O)oc2c1C. The van der Waals surface area contributed by atoms with Gasteiger partial charge in [-0.15, -0.1) is 11.3 Å². The smallest absolute Gasteiger partial charge is 0.336 e. The molecule has 0 amide bonds. The Morgan fingerprint density at radius 3 is 2.86 bits per heavy atom. The van der Waals surface area contributed by atoms with Gasteiger partial charge in [-0.1, -0.05) is 12.1 Å². The first kappa shape index (κ1) is 17.4. The van der Waals surface area contributed by atoms with Crippen molar-refractivity contribution in [2.24, 2.45) is 0 Å². The summed E-state index contributed by atoms with van der Waals surface area (Å²) in [5.41, 5.74) is 4.16. The molecule has 3 heterocycles. The van der Waals surface area contributed by atoms with Crippen molar-refractivity contribution in [3.63, 3.8) is 0 Å². The van der Waals surface area contributed by atoms with Crippen molar-refractivity contribution in [1.82, 2.24) is 9.55 Å². The number of aryl methyl sites for hydroxylation is 4. The Balaban J connectivity index is 1.69. The summed E-state index contributed by atoms with van der Waals surface area (Å²) in [5.74, 6) is 0. The summed E-state index contributed by atoms with van der Waals surface area (Å²) in [6.45, 7) is 4.24. The third-order valence-corrected chi connectivity index (χ3v) is 7.00. The maximum Gasteiger partial charge on any atom is 0.336 e. The number of benzene rings is 1. The molecule has 0 bridgehead atoms. The van der Waals surface area contributed by atoms with Crippen LogP contribution in [0.4, 0.5) is 0 Å². The zero-order valence-electron chi connectivity index (χ0n) is 15.9. The molecule has 0 saturated carbocycles. The zero-order chi connectivity index (χ0) is 19.4. The fourth-order valence-electron chi connectivity index (χ4n) is 4.13. The van der Waals surface area contributed by atoms with E-state index in [1.54, 1.807) is 22.2 Å². The maximum absolute atomic E-state index is 13.2. The van der Waals surface area contributed by atoms with Gasteiger partial charge in [-0.25, -0.2) is 9.78 Å². The number of fused-ring (bicyclic) bond motifs is 4. The topological polar surface area (TPSA) is 65.1 Å². The molecule has 6 heteroatoms. The van der Waals surface area contributed by atoms with E-state index in [1.807, 2.05) is 26.0 Å². The minimum Gasteiger partial charge on any atom is -0.422 e. The van der Waals surface area contributed by atoms with E-state index in [2.05, 4.69) is 4.98 Å². The van der Waals surface area contributed by atoms with Gasteiger partial charge in [0.25, 0.3) is 5.56 Å². The van der Waals surface area contributed by atoms with Gasteiger partial charge in [-0.05, 0) is 61.8 Å². The monoisotopic (exact) mass is 392 g/mol. The van der Waals surface area contributed by atoms with Gasteiger partial charge in [0.1, 0.15) is 10.4 Å². The van der Waals surface area contributed by atoms with E-state index in [9.17, 15) is 9.59 Å². The Labute approximate surface area is 165 Å². The molecule has 0 N–H and O–H groups in total.